The highest BCUT2D eigenvalue weighted by atomic mass is 32.2. The van der Waals surface area contributed by atoms with Crippen molar-refractivity contribution in [1.82, 2.24) is 0 Å². The zero-order valence-corrected chi connectivity index (χ0v) is 15.7. The maximum absolute atomic E-state index is 13.1. The van der Waals surface area contributed by atoms with Crippen LogP contribution in [0.2, 0.25) is 0 Å². The first-order valence-electron chi connectivity index (χ1n) is 8.70. The lowest BCUT2D eigenvalue weighted by atomic mass is 10.2. The van der Waals surface area contributed by atoms with Gasteiger partial charge in [0, 0.05) is 0 Å². The van der Waals surface area contributed by atoms with Gasteiger partial charge in [0.15, 0.2) is 5.17 Å². The van der Waals surface area contributed by atoms with Crippen LogP contribution in [-0.2, 0) is 4.79 Å². The van der Waals surface area contributed by atoms with Crippen molar-refractivity contribution >= 4 is 40.3 Å². The van der Waals surface area contributed by atoms with E-state index in [1.807, 2.05) is 97.9 Å². The van der Waals surface area contributed by atoms with Crippen LogP contribution in [0.5, 0.6) is 0 Å². The van der Waals surface area contributed by atoms with Crippen LogP contribution in [0.25, 0.3) is 6.08 Å². The van der Waals surface area contributed by atoms with Gasteiger partial charge >= 0.3 is 0 Å². The van der Waals surface area contributed by atoms with Crippen molar-refractivity contribution in [2.24, 2.45) is 4.99 Å². The minimum absolute atomic E-state index is 0.0547. The second-order valence-corrected chi connectivity index (χ2v) is 7.24. The Morgan fingerprint density at radius 3 is 2.15 bits per heavy atom. The van der Waals surface area contributed by atoms with Crippen molar-refractivity contribution in [2.75, 3.05) is 4.90 Å². The van der Waals surface area contributed by atoms with Gasteiger partial charge in [-0.25, -0.2) is 4.99 Å². The van der Waals surface area contributed by atoms with Gasteiger partial charge in [0.25, 0.3) is 5.91 Å². The molecule has 0 spiro atoms. The van der Waals surface area contributed by atoms with Gasteiger partial charge < -0.3 is 0 Å². The number of hydrogen-bond donors (Lipinski definition) is 0. The highest BCUT2D eigenvalue weighted by Gasteiger charge is 2.34. The summed E-state index contributed by atoms with van der Waals surface area (Å²) in [6.45, 7) is 2.04. The predicted octanol–water partition coefficient (Wildman–Crippen LogP) is 5.80. The van der Waals surface area contributed by atoms with E-state index in [9.17, 15) is 4.79 Å². The number of carbonyl (C=O) groups is 1. The van der Waals surface area contributed by atoms with E-state index >= 15 is 0 Å². The fourth-order valence-electron chi connectivity index (χ4n) is 2.78. The summed E-state index contributed by atoms with van der Waals surface area (Å²) in [7, 11) is 0. The lowest BCUT2D eigenvalue weighted by Crippen LogP contribution is -2.28. The van der Waals surface area contributed by atoms with Gasteiger partial charge in [0.05, 0.1) is 16.3 Å². The van der Waals surface area contributed by atoms with E-state index in [4.69, 9.17) is 4.99 Å². The third-order valence-corrected chi connectivity index (χ3v) is 5.15. The molecule has 3 aromatic carbocycles. The smallest absolute Gasteiger partial charge is 0.268 e. The van der Waals surface area contributed by atoms with Crippen molar-refractivity contribution in [3.05, 3.63) is 101 Å². The molecule has 1 aliphatic rings. The predicted molar refractivity (Wildman–Crippen MR) is 114 cm³/mol. The Balaban J connectivity index is 1.76. The number of benzene rings is 3. The number of nitrogens with zero attached hydrogens (tertiary/aromatic N) is 2. The normalized spacial score (nSPS) is 17.1. The van der Waals surface area contributed by atoms with Gasteiger partial charge in [-0.05, 0) is 54.6 Å². The molecule has 3 aromatic rings. The Hall–Kier alpha value is -3.11. The molecule has 1 saturated heterocycles. The average Bonchev–Trinajstić information content (AvgIpc) is 3.00. The van der Waals surface area contributed by atoms with E-state index in [2.05, 4.69) is 0 Å². The van der Waals surface area contributed by atoms with Crippen LogP contribution in [0.4, 0.5) is 11.4 Å². The molecule has 0 saturated carbocycles. The van der Waals surface area contributed by atoms with Crippen LogP contribution in [0.1, 0.15) is 11.1 Å². The maximum atomic E-state index is 13.1. The quantitative estimate of drug-likeness (QED) is 0.546. The zero-order chi connectivity index (χ0) is 18.6. The lowest BCUT2D eigenvalue weighted by molar-refractivity contribution is -0.113. The fraction of sp³-hybridized carbons (Fsp3) is 0.0435. The summed E-state index contributed by atoms with van der Waals surface area (Å²) in [4.78, 5) is 20.2. The minimum atomic E-state index is -0.0547. The Labute approximate surface area is 163 Å². The fourth-order valence-corrected chi connectivity index (χ4v) is 3.78. The molecule has 0 unspecified atom stereocenters. The molecule has 0 aromatic heterocycles. The van der Waals surface area contributed by atoms with Crippen molar-refractivity contribution in [1.29, 1.82) is 0 Å². The molecule has 0 atom stereocenters. The molecule has 1 aliphatic heterocycles. The number of para-hydroxylation sites is 1. The highest BCUT2D eigenvalue weighted by Crippen LogP contribution is 2.37. The molecule has 0 radical (unpaired) electrons. The van der Waals surface area contributed by atoms with Crippen LogP contribution >= 0.6 is 11.8 Å². The molecule has 132 valence electrons. The molecule has 1 amide bonds. The van der Waals surface area contributed by atoms with E-state index in [-0.39, 0.29) is 5.91 Å². The van der Waals surface area contributed by atoms with Gasteiger partial charge in [-0.3, -0.25) is 9.69 Å². The van der Waals surface area contributed by atoms with Crippen LogP contribution in [0.15, 0.2) is 94.8 Å². The Morgan fingerprint density at radius 2 is 1.48 bits per heavy atom. The second kappa shape index (κ2) is 7.64. The number of aliphatic imine (C=N–C) groups is 1. The number of amidine groups is 1. The average molecular weight is 370 g/mol. The summed E-state index contributed by atoms with van der Waals surface area (Å²) < 4.78 is 0. The first-order chi connectivity index (χ1) is 13.2. The molecule has 4 rings (SSSR count). The van der Waals surface area contributed by atoms with E-state index in [0.29, 0.717) is 10.1 Å². The highest BCUT2D eigenvalue weighted by molar-refractivity contribution is 8.19. The molecule has 27 heavy (non-hydrogen) atoms. The largest absolute Gasteiger partial charge is 0.271 e. The number of carbonyl (C=O) groups excluding carboxylic acids is 1. The maximum Gasteiger partial charge on any atom is 0.271 e. The summed E-state index contributed by atoms with van der Waals surface area (Å²) in [6.07, 6.45) is 1.92. The van der Waals surface area contributed by atoms with Crippen molar-refractivity contribution in [2.45, 2.75) is 6.92 Å². The van der Waals surface area contributed by atoms with Crippen molar-refractivity contribution in [3.8, 4) is 0 Å². The summed E-state index contributed by atoms with van der Waals surface area (Å²) in [5, 5.41) is 0.664. The van der Waals surface area contributed by atoms with Gasteiger partial charge in [-0.1, -0.05) is 66.2 Å². The molecule has 0 N–H and O–H groups in total. The van der Waals surface area contributed by atoms with Crippen LogP contribution in [0, 0.1) is 6.92 Å². The Bertz CT molecular complexity index is 1010. The molecular formula is C23H18N2OS. The van der Waals surface area contributed by atoms with Crippen LogP contribution in [0.3, 0.4) is 0 Å². The number of amides is 1. The second-order valence-electron chi connectivity index (χ2n) is 6.23. The SMILES string of the molecule is Cc1ccc(N=C2S/C(=C\c3ccccc3)C(=O)N2c2ccccc2)cc1. The molecule has 1 heterocycles. The molecule has 1 fully saturated rings. The minimum Gasteiger partial charge on any atom is -0.268 e. The van der Waals surface area contributed by atoms with E-state index < -0.39 is 0 Å². The summed E-state index contributed by atoms with van der Waals surface area (Å²) in [6, 6.07) is 27.5. The van der Waals surface area contributed by atoms with Gasteiger partial charge in [-0.2, -0.15) is 0 Å². The first kappa shape index (κ1) is 17.3. The number of aryl methyl sites for hydroxylation is 1. The molecule has 4 heteroatoms. The summed E-state index contributed by atoms with van der Waals surface area (Å²) in [5.41, 5.74) is 3.83. The number of hydrogen-bond acceptors (Lipinski definition) is 3. The molecule has 0 bridgehead atoms. The van der Waals surface area contributed by atoms with E-state index in [1.54, 1.807) is 4.90 Å². The van der Waals surface area contributed by atoms with Crippen LogP contribution in [-0.4, -0.2) is 11.1 Å². The number of rotatable bonds is 3. The first-order valence-corrected chi connectivity index (χ1v) is 9.52. The van der Waals surface area contributed by atoms with Crippen molar-refractivity contribution < 1.29 is 4.79 Å². The lowest BCUT2D eigenvalue weighted by Gasteiger charge is -2.15. The Kier molecular flexibility index (Phi) is 4.90. The monoisotopic (exact) mass is 370 g/mol. The topological polar surface area (TPSA) is 32.7 Å². The van der Waals surface area contributed by atoms with E-state index in [1.165, 1.54) is 17.3 Å². The molecule has 0 aliphatic carbocycles. The Morgan fingerprint density at radius 1 is 0.852 bits per heavy atom. The van der Waals surface area contributed by atoms with Crippen LogP contribution < -0.4 is 4.90 Å². The third kappa shape index (κ3) is 3.86. The third-order valence-electron chi connectivity index (χ3n) is 4.18. The molecule has 3 nitrogen and oxygen atoms in total. The van der Waals surface area contributed by atoms with Gasteiger partial charge in [-0.15, -0.1) is 0 Å². The summed E-state index contributed by atoms with van der Waals surface area (Å²) in [5.74, 6) is -0.0547. The number of thioether (sulfide) groups is 1. The molecular weight excluding hydrogens is 352 g/mol. The summed E-state index contributed by atoms with van der Waals surface area (Å²) >= 11 is 1.40. The van der Waals surface area contributed by atoms with Gasteiger partial charge in [0.1, 0.15) is 0 Å². The van der Waals surface area contributed by atoms with Gasteiger partial charge in [0.2, 0.25) is 0 Å². The van der Waals surface area contributed by atoms with E-state index in [0.717, 1.165) is 16.9 Å². The number of anilines is 1. The van der Waals surface area contributed by atoms with Crippen molar-refractivity contribution in [3.63, 3.8) is 0 Å². The zero-order valence-electron chi connectivity index (χ0n) is 14.9. The standard InChI is InChI=1S/C23H18N2OS/c1-17-12-14-19(15-13-17)24-23-25(20-10-6-3-7-11-20)22(26)21(27-23)16-18-8-4-2-5-9-18/h2-16H,1H3/b21-16-,24-23?.